The van der Waals surface area contributed by atoms with E-state index in [0.717, 1.165) is 11.3 Å². The average molecular weight is 348 g/mol. The van der Waals surface area contributed by atoms with Crippen molar-refractivity contribution in [2.75, 3.05) is 12.3 Å². The maximum absolute atomic E-state index is 5.80. The molecule has 7 heteroatoms. The molecule has 0 saturated carbocycles. The van der Waals surface area contributed by atoms with Gasteiger partial charge in [0.05, 0.1) is 13.2 Å². The molecule has 0 fully saturated rings. The van der Waals surface area contributed by atoms with Crippen molar-refractivity contribution in [3.05, 3.63) is 71.5 Å². The third kappa shape index (κ3) is 5.34. The van der Waals surface area contributed by atoms with E-state index in [4.69, 9.17) is 10.5 Å². The molecule has 2 heterocycles. The highest BCUT2D eigenvalue weighted by atomic mass is 16.5. The molecule has 7 nitrogen and oxygen atoms in total. The Morgan fingerprint density at radius 2 is 2.00 bits per heavy atom. The zero-order valence-corrected chi connectivity index (χ0v) is 14.5. The second-order valence-electron chi connectivity index (χ2n) is 5.74. The summed E-state index contributed by atoms with van der Waals surface area (Å²) in [5.74, 6) is 0.662. The lowest BCUT2D eigenvalue weighted by molar-refractivity contribution is 0.296. The molecule has 3 rings (SSSR count). The molecule has 0 amide bonds. The Morgan fingerprint density at radius 3 is 2.81 bits per heavy atom. The maximum atomic E-state index is 5.80. The van der Waals surface area contributed by atoms with E-state index >= 15 is 0 Å². The smallest absolute Gasteiger partial charge is 0.320 e. The van der Waals surface area contributed by atoms with E-state index in [9.17, 15) is 0 Å². The Hall–Kier alpha value is -3.35. The van der Waals surface area contributed by atoms with E-state index < -0.39 is 0 Å². The molecule has 2 aromatic heterocycles. The summed E-state index contributed by atoms with van der Waals surface area (Å²) in [6.45, 7) is 2.92. The molecule has 132 valence electrons. The number of rotatable bonds is 7. The van der Waals surface area contributed by atoms with Crippen LogP contribution in [0.4, 0.5) is 11.6 Å². The molecule has 0 aliphatic carbocycles. The minimum absolute atomic E-state index is 0.186. The summed E-state index contributed by atoms with van der Waals surface area (Å²) in [6.07, 6.45) is 2.41. The van der Waals surface area contributed by atoms with Gasteiger partial charge < -0.3 is 10.5 Å². The number of nitrogens with two attached hydrogens (primary N) is 1. The molecule has 0 saturated heterocycles. The Kier molecular flexibility index (Phi) is 5.82. The van der Waals surface area contributed by atoms with E-state index in [1.54, 1.807) is 12.3 Å². The molecular formula is C19H20N6O. The predicted molar refractivity (Wildman–Crippen MR) is 99.3 cm³/mol. The molecule has 0 spiro atoms. The van der Waals surface area contributed by atoms with Gasteiger partial charge in [-0.05, 0) is 24.6 Å². The van der Waals surface area contributed by atoms with Crippen LogP contribution in [0.25, 0.3) is 0 Å². The molecule has 3 aromatic rings. The highest BCUT2D eigenvalue weighted by Crippen LogP contribution is 2.17. The third-order valence-corrected chi connectivity index (χ3v) is 3.54. The number of aromatic nitrogens is 3. The van der Waals surface area contributed by atoms with Crippen molar-refractivity contribution in [3.8, 4) is 6.01 Å². The van der Waals surface area contributed by atoms with E-state index in [1.165, 1.54) is 5.56 Å². The van der Waals surface area contributed by atoms with Gasteiger partial charge in [0, 0.05) is 24.4 Å². The molecule has 26 heavy (non-hydrogen) atoms. The number of nitrogens with zero attached hydrogens (tertiary/aromatic N) is 5. The first-order valence-corrected chi connectivity index (χ1v) is 8.29. The fourth-order valence-electron chi connectivity index (χ4n) is 2.34. The van der Waals surface area contributed by atoms with Crippen molar-refractivity contribution in [2.24, 2.45) is 10.2 Å². The van der Waals surface area contributed by atoms with Gasteiger partial charge in [-0.15, -0.1) is 5.11 Å². The number of ether oxygens (including phenoxy) is 1. The molecule has 2 N–H and O–H groups in total. The summed E-state index contributed by atoms with van der Waals surface area (Å²) < 4.78 is 5.57. The second-order valence-corrected chi connectivity index (χ2v) is 5.74. The predicted octanol–water partition coefficient (Wildman–Crippen LogP) is 3.67. The quantitative estimate of drug-likeness (QED) is 0.657. The summed E-state index contributed by atoms with van der Waals surface area (Å²) >= 11 is 0. The van der Waals surface area contributed by atoms with Crippen LogP contribution in [-0.4, -0.2) is 21.6 Å². The number of pyridine rings is 1. The van der Waals surface area contributed by atoms with Crippen molar-refractivity contribution in [2.45, 2.75) is 19.9 Å². The fraction of sp³-hybridized carbons (Fsp3) is 0.211. The highest BCUT2D eigenvalue weighted by Gasteiger charge is 2.04. The monoisotopic (exact) mass is 348 g/mol. The van der Waals surface area contributed by atoms with E-state index in [1.807, 2.05) is 43.3 Å². The van der Waals surface area contributed by atoms with Crippen molar-refractivity contribution in [1.82, 2.24) is 15.0 Å². The van der Waals surface area contributed by atoms with Crippen molar-refractivity contribution < 1.29 is 4.74 Å². The van der Waals surface area contributed by atoms with Gasteiger partial charge in [0.1, 0.15) is 5.82 Å². The fourth-order valence-corrected chi connectivity index (χ4v) is 2.34. The largest absolute Gasteiger partial charge is 0.463 e. The summed E-state index contributed by atoms with van der Waals surface area (Å²) in [6, 6.07) is 15.6. The number of azo groups is 1. The zero-order valence-electron chi connectivity index (χ0n) is 14.5. The average Bonchev–Trinajstić information content (AvgIpc) is 2.62. The SMILES string of the molecule is Cc1cccc(CN=Nc2cc(N)nc(OCCc3ccccn3)n2)c1. The number of hydrogen-bond acceptors (Lipinski definition) is 7. The lowest BCUT2D eigenvalue weighted by Gasteiger charge is -2.05. The number of anilines is 1. The first-order chi connectivity index (χ1) is 12.7. The second kappa shape index (κ2) is 8.66. The van der Waals surface area contributed by atoms with Gasteiger partial charge in [0.2, 0.25) is 0 Å². The lowest BCUT2D eigenvalue weighted by Crippen LogP contribution is -2.06. The Labute approximate surface area is 152 Å². The number of hydrogen-bond donors (Lipinski definition) is 1. The lowest BCUT2D eigenvalue weighted by atomic mass is 10.1. The van der Waals surface area contributed by atoms with Crippen molar-refractivity contribution in [3.63, 3.8) is 0 Å². The Balaban J connectivity index is 1.59. The maximum Gasteiger partial charge on any atom is 0.320 e. The minimum atomic E-state index is 0.186. The first kappa shape index (κ1) is 17.5. The van der Waals surface area contributed by atoms with Crippen LogP contribution in [0.15, 0.2) is 65.0 Å². The standard InChI is InChI=1S/C19H20N6O/c1-14-5-4-6-15(11-14)13-22-25-18-12-17(20)23-19(24-18)26-10-8-16-7-2-3-9-21-16/h2-7,9,11-12H,8,10,13H2,1H3,(H2,20,23,24). The number of nitrogen functional groups attached to an aromatic ring is 1. The van der Waals surface area contributed by atoms with Crippen LogP contribution in [0.5, 0.6) is 6.01 Å². The molecule has 0 aliphatic heterocycles. The zero-order chi connectivity index (χ0) is 18.2. The minimum Gasteiger partial charge on any atom is -0.463 e. The Morgan fingerprint density at radius 1 is 1.08 bits per heavy atom. The highest BCUT2D eigenvalue weighted by molar-refractivity contribution is 5.41. The van der Waals surface area contributed by atoms with E-state index in [0.29, 0.717) is 25.4 Å². The molecule has 0 radical (unpaired) electrons. The van der Waals surface area contributed by atoms with Crippen LogP contribution in [0.3, 0.4) is 0 Å². The molecule has 0 aliphatic rings. The van der Waals surface area contributed by atoms with Gasteiger partial charge >= 0.3 is 6.01 Å². The van der Waals surface area contributed by atoms with Crippen molar-refractivity contribution in [1.29, 1.82) is 0 Å². The van der Waals surface area contributed by atoms with Crippen LogP contribution < -0.4 is 10.5 Å². The summed E-state index contributed by atoms with van der Waals surface area (Å²) in [5.41, 5.74) is 9.01. The molecule has 0 unspecified atom stereocenters. The van der Waals surface area contributed by atoms with Gasteiger partial charge in [0.25, 0.3) is 0 Å². The molecule has 0 bridgehead atoms. The Bertz CT molecular complexity index is 882. The third-order valence-electron chi connectivity index (χ3n) is 3.54. The summed E-state index contributed by atoms with van der Waals surface area (Å²) in [7, 11) is 0. The van der Waals surface area contributed by atoms with Gasteiger partial charge in [-0.3, -0.25) is 4.98 Å². The van der Waals surface area contributed by atoms with Gasteiger partial charge in [-0.1, -0.05) is 35.9 Å². The van der Waals surface area contributed by atoms with Crippen LogP contribution >= 0.6 is 0 Å². The first-order valence-electron chi connectivity index (χ1n) is 8.29. The van der Waals surface area contributed by atoms with Crippen LogP contribution in [0, 0.1) is 6.92 Å². The summed E-state index contributed by atoms with van der Waals surface area (Å²) in [5, 5.41) is 8.30. The summed E-state index contributed by atoms with van der Waals surface area (Å²) in [4.78, 5) is 12.5. The van der Waals surface area contributed by atoms with Crippen LogP contribution in [0.1, 0.15) is 16.8 Å². The topological polar surface area (TPSA) is 98.6 Å². The molecule has 1 aromatic carbocycles. The van der Waals surface area contributed by atoms with Gasteiger partial charge in [-0.2, -0.15) is 15.1 Å². The van der Waals surface area contributed by atoms with Gasteiger partial charge in [-0.25, -0.2) is 0 Å². The van der Waals surface area contributed by atoms with Crippen molar-refractivity contribution >= 4 is 11.6 Å². The number of aryl methyl sites for hydroxylation is 1. The van der Waals surface area contributed by atoms with Crippen LogP contribution in [-0.2, 0) is 13.0 Å². The van der Waals surface area contributed by atoms with Gasteiger partial charge in [0.15, 0.2) is 5.82 Å². The molecule has 0 atom stereocenters. The number of benzene rings is 1. The van der Waals surface area contributed by atoms with E-state index in [-0.39, 0.29) is 11.8 Å². The van der Waals surface area contributed by atoms with E-state index in [2.05, 4.69) is 31.2 Å². The normalized spacial score (nSPS) is 11.0. The molecular weight excluding hydrogens is 328 g/mol. The van der Waals surface area contributed by atoms with Crippen LogP contribution in [0.2, 0.25) is 0 Å².